The Morgan fingerprint density at radius 1 is 1.14 bits per heavy atom. The highest BCUT2D eigenvalue weighted by Gasteiger charge is 2.31. The number of hydrogen-bond donors (Lipinski definition) is 1. The third-order valence-corrected chi connectivity index (χ3v) is 3.63. The summed E-state index contributed by atoms with van der Waals surface area (Å²) in [7, 11) is 0. The molecule has 0 aliphatic heterocycles. The number of halogens is 3. The van der Waals surface area contributed by atoms with Crippen molar-refractivity contribution in [2.24, 2.45) is 0 Å². The smallest absolute Gasteiger partial charge is 0.406 e. The summed E-state index contributed by atoms with van der Waals surface area (Å²) in [4.78, 5) is 0. The molecule has 1 atom stereocenters. The molecule has 2 aromatic rings. The lowest BCUT2D eigenvalue weighted by atomic mass is 9.95. The molecule has 1 aliphatic carbocycles. The largest absolute Gasteiger partial charge is 0.573 e. The first kappa shape index (κ1) is 14.0. The van der Waals surface area contributed by atoms with Crippen LogP contribution in [0.4, 0.5) is 13.2 Å². The Labute approximate surface area is 119 Å². The molecule has 0 spiro atoms. The fourth-order valence-corrected chi connectivity index (χ4v) is 2.72. The third-order valence-electron chi connectivity index (χ3n) is 3.63. The summed E-state index contributed by atoms with van der Waals surface area (Å²) in [5, 5.41) is 9.93. The van der Waals surface area contributed by atoms with Gasteiger partial charge in [-0.3, -0.25) is 0 Å². The van der Waals surface area contributed by atoms with Crippen molar-refractivity contribution in [1.29, 1.82) is 0 Å². The maximum absolute atomic E-state index is 12.1. The molecule has 1 aliphatic rings. The van der Waals surface area contributed by atoms with Crippen molar-refractivity contribution in [2.75, 3.05) is 0 Å². The fourth-order valence-electron chi connectivity index (χ4n) is 2.72. The van der Waals surface area contributed by atoms with Crippen LogP contribution in [0.25, 0.3) is 5.69 Å². The van der Waals surface area contributed by atoms with Crippen LogP contribution in [0.1, 0.15) is 30.2 Å². The van der Waals surface area contributed by atoms with Gasteiger partial charge in [-0.1, -0.05) is 0 Å². The highest BCUT2D eigenvalue weighted by atomic mass is 19.4. The van der Waals surface area contributed by atoms with Gasteiger partial charge >= 0.3 is 6.36 Å². The van der Waals surface area contributed by atoms with Gasteiger partial charge in [0.05, 0.1) is 6.10 Å². The van der Waals surface area contributed by atoms with E-state index in [9.17, 15) is 18.3 Å². The number of aliphatic hydroxyl groups excluding tert-OH is 1. The topological polar surface area (TPSA) is 34.4 Å². The van der Waals surface area contributed by atoms with Gasteiger partial charge in [0.15, 0.2) is 0 Å². The molecule has 1 unspecified atom stereocenters. The fraction of sp³-hybridized carbons (Fsp3) is 0.333. The molecule has 6 heteroatoms. The van der Waals surface area contributed by atoms with Crippen molar-refractivity contribution in [2.45, 2.75) is 31.7 Å². The van der Waals surface area contributed by atoms with E-state index in [2.05, 4.69) is 4.74 Å². The molecule has 1 N–H and O–H groups in total. The van der Waals surface area contributed by atoms with E-state index in [0.29, 0.717) is 0 Å². The Hall–Kier alpha value is -1.95. The number of rotatable bonds is 2. The van der Waals surface area contributed by atoms with E-state index in [1.807, 2.05) is 16.8 Å². The average molecular weight is 297 g/mol. The van der Waals surface area contributed by atoms with Crippen LogP contribution >= 0.6 is 0 Å². The number of aromatic nitrogens is 1. The minimum atomic E-state index is -4.68. The monoisotopic (exact) mass is 297 g/mol. The van der Waals surface area contributed by atoms with Gasteiger partial charge in [0, 0.05) is 23.1 Å². The molecule has 0 fully saturated rings. The molecule has 1 heterocycles. The number of fused-ring (bicyclic) bond motifs is 1. The third kappa shape index (κ3) is 2.90. The zero-order valence-corrected chi connectivity index (χ0v) is 11.1. The Morgan fingerprint density at radius 2 is 1.86 bits per heavy atom. The van der Waals surface area contributed by atoms with E-state index in [1.165, 1.54) is 12.1 Å². The van der Waals surface area contributed by atoms with Gasteiger partial charge in [-0.05, 0) is 49.6 Å². The molecule has 3 nitrogen and oxygen atoms in total. The standard InChI is InChI=1S/C15H14F3NO2/c16-15(17,18)21-11-6-4-10(5-7-11)19-9-8-12-13(19)2-1-3-14(12)20/h4-9,14,20H,1-3H2. The van der Waals surface area contributed by atoms with Crippen molar-refractivity contribution < 1.29 is 23.0 Å². The zero-order valence-electron chi connectivity index (χ0n) is 11.1. The number of alkyl halides is 3. The van der Waals surface area contributed by atoms with E-state index in [0.717, 1.165) is 36.2 Å². The number of benzene rings is 1. The van der Waals surface area contributed by atoms with E-state index in [-0.39, 0.29) is 5.75 Å². The van der Waals surface area contributed by atoms with Gasteiger partial charge in [0.2, 0.25) is 0 Å². The molecule has 0 saturated carbocycles. The predicted molar refractivity (Wildman–Crippen MR) is 70.3 cm³/mol. The number of nitrogens with zero attached hydrogens (tertiary/aromatic N) is 1. The molecule has 1 aromatic carbocycles. The second-order valence-electron chi connectivity index (χ2n) is 5.04. The van der Waals surface area contributed by atoms with Crippen LogP contribution in [0.15, 0.2) is 36.5 Å². The zero-order chi connectivity index (χ0) is 15.0. The molecule has 0 saturated heterocycles. The maximum Gasteiger partial charge on any atom is 0.573 e. The second-order valence-corrected chi connectivity index (χ2v) is 5.04. The van der Waals surface area contributed by atoms with Gasteiger partial charge < -0.3 is 14.4 Å². The normalized spacial score (nSPS) is 18.4. The summed E-state index contributed by atoms with van der Waals surface area (Å²) >= 11 is 0. The lowest BCUT2D eigenvalue weighted by molar-refractivity contribution is -0.274. The quantitative estimate of drug-likeness (QED) is 0.916. The molecule has 0 radical (unpaired) electrons. The Morgan fingerprint density at radius 3 is 2.52 bits per heavy atom. The van der Waals surface area contributed by atoms with Crippen LogP contribution in [0.2, 0.25) is 0 Å². The number of aliphatic hydroxyl groups is 1. The Balaban J connectivity index is 1.88. The molecular formula is C15H14F3NO2. The Bertz CT molecular complexity index is 631. The van der Waals surface area contributed by atoms with Gasteiger partial charge in [-0.15, -0.1) is 13.2 Å². The van der Waals surface area contributed by atoms with Crippen LogP contribution in [0.3, 0.4) is 0 Å². The van der Waals surface area contributed by atoms with Gasteiger partial charge in [-0.2, -0.15) is 0 Å². The first-order valence-electron chi connectivity index (χ1n) is 6.68. The van der Waals surface area contributed by atoms with Crippen LogP contribution in [0.5, 0.6) is 5.75 Å². The SMILES string of the molecule is OC1CCCc2c1ccn2-c1ccc(OC(F)(F)F)cc1. The van der Waals surface area contributed by atoms with E-state index < -0.39 is 12.5 Å². The lowest BCUT2D eigenvalue weighted by Gasteiger charge is -2.20. The second kappa shape index (κ2) is 5.11. The average Bonchev–Trinajstić information content (AvgIpc) is 2.83. The van der Waals surface area contributed by atoms with Gasteiger partial charge in [0.1, 0.15) is 5.75 Å². The number of ether oxygens (including phenoxy) is 1. The van der Waals surface area contributed by atoms with Crippen molar-refractivity contribution in [3.05, 3.63) is 47.8 Å². The minimum Gasteiger partial charge on any atom is -0.406 e. The Kier molecular flexibility index (Phi) is 3.41. The molecule has 0 bridgehead atoms. The van der Waals surface area contributed by atoms with E-state index in [1.54, 1.807) is 12.1 Å². The summed E-state index contributed by atoms with van der Waals surface area (Å²) in [5.74, 6) is -0.243. The van der Waals surface area contributed by atoms with Gasteiger partial charge in [0.25, 0.3) is 0 Å². The summed E-state index contributed by atoms with van der Waals surface area (Å²) < 4.78 is 42.1. The van der Waals surface area contributed by atoms with Crippen LogP contribution in [-0.4, -0.2) is 16.0 Å². The molecule has 1 aromatic heterocycles. The number of hydrogen-bond acceptors (Lipinski definition) is 2. The van der Waals surface area contributed by atoms with Crippen molar-refractivity contribution in [3.8, 4) is 11.4 Å². The van der Waals surface area contributed by atoms with Crippen molar-refractivity contribution in [3.63, 3.8) is 0 Å². The van der Waals surface area contributed by atoms with Crippen LogP contribution < -0.4 is 4.74 Å². The summed E-state index contributed by atoms with van der Waals surface area (Å²) in [6, 6.07) is 7.58. The molecule has 3 rings (SSSR count). The van der Waals surface area contributed by atoms with Crippen molar-refractivity contribution in [1.82, 2.24) is 4.57 Å². The maximum atomic E-state index is 12.1. The summed E-state index contributed by atoms with van der Waals surface area (Å²) in [5.41, 5.74) is 2.66. The highest BCUT2D eigenvalue weighted by Crippen LogP contribution is 2.32. The summed E-state index contributed by atoms with van der Waals surface area (Å²) in [6.45, 7) is 0. The first-order valence-corrected chi connectivity index (χ1v) is 6.68. The lowest BCUT2D eigenvalue weighted by Crippen LogP contribution is -2.17. The molecular weight excluding hydrogens is 283 g/mol. The predicted octanol–water partition coefficient (Wildman–Crippen LogP) is 3.75. The van der Waals surface area contributed by atoms with Crippen LogP contribution in [0, 0.1) is 0 Å². The highest BCUT2D eigenvalue weighted by molar-refractivity contribution is 5.42. The van der Waals surface area contributed by atoms with E-state index >= 15 is 0 Å². The van der Waals surface area contributed by atoms with Gasteiger partial charge in [-0.25, -0.2) is 0 Å². The van der Waals surface area contributed by atoms with Crippen LogP contribution in [-0.2, 0) is 6.42 Å². The van der Waals surface area contributed by atoms with Crippen molar-refractivity contribution >= 4 is 0 Å². The first-order chi connectivity index (χ1) is 9.94. The summed E-state index contributed by atoms with van der Waals surface area (Å²) in [6.07, 6.45) is -0.817. The molecule has 112 valence electrons. The molecule has 21 heavy (non-hydrogen) atoms. The van der Waals surface area contributed by atoms with E-state index in [4.69, 9.17) is 0 Å². The minimum absolute atomic E-state index is 0.243. The molecule has 0 amide bonds.